The zero-order chi connectivity index (χ0) is 21.5. The highest BCUT2D eigenvalue weighted by atomic mass is 32.2. The molecule has 0 spiro atoms. The lowest BCUT2D eigenvalue weighted by Crippen LogP contribution is -2.15. The number of carbonyl (C=O) groups excluding carboxylic acids is 1. The Morgan fingerprint density at radius 2 is 1.97 bits per heavy atom. The number of fused-ring (bicyclic) bond motifs is 1. The molecule has 8 heteroatoms. The minimum atomic E-state index is -0.122. The van der Waals surface area contributed by atoms with Crippen LogP contribution in [0.25, 0.3) is 0 Å². The van der Waals surface area contributed by atoms with Crippen molar-refractivity contribution in [1.29, 1.82) is 0 Å². The van der Waals surface area contributed by atoms with Crippen LogP contribution in [0, 0.1) is 0 Å². The van der Waals surface area contributed by atoms with Crippen molar-refractivity contribution in [2.24, 2.45) is 0 Å². The van der Waals surface area contributed by atoms with Crippen molar-refractivity contribution in [2.45, 2.75) is 11.5 Å². The monoisotopic (exact) mass is 438 g/mol. The molecule has 0 saturated carbocycles. The van der Waals surface area contributed by atoms with Gasteiger partial charge in [-0.25, -0.2) is 0 Å². The smallest absolute Gasteiger partial charge is 0.234 e. The zero-order valence-electron chi connectivity index (χ0n) is 17.0. The number of carbonyl (C=O) groups is 1. The van der Waals surface area contributed by atoms with Crippen LogP contribution in [-0.2, 0) is 11.4 Å². The Morgan fingerprint density at radius 1 is 1.10 bits per heavy atom. The summed E-state index contributed by atoms with van der Waals surface area (Å²) < 4.78 is 22.3. The normalized spacial score (nSPS) is 12.2. The molecule has 4 rings (SSSR count). The van der Waals surface area contributed by atoms with E-state index in [1.807, 2.05) is 30.3 Å². The van der Waals surface area contributed by atoms with Gasteiger partial charge in [0.25, 0.3) is 0 Å². The lowest BCUT2D eigenvalue weighted by Gasteiger charge is -2.18. The average Bonchev–Trinajstić information content (AvgIpc) is 2.82. The van der Waals surface area contributed by atoms with Crippen LogP contribution in [0.5, 0.6) is 23.0 Å². The van der Waals surface area contributed by atoms with Gasteiger partial charge in [-0.15, -0.1) is 11.8 Å². The first-order valence-electron chi connectivity index (χ1n) is 9.73. The molecule has 0 bridgehead atoms. The van der Waals surface area contributed by atoms with Crippen LogP contribution in [0.15, 0.2) is 65.8 Å². The molecule has 0 aliphatic carbocycles. The molecule has 2 heterocycles. The molecular weight excluding hydrogens is 416 g/mol. The van der Waals surface area contributed by atoms with Gasteiger partial charge in [0.1, 0.15) is 19.8 Å². The molecule has 0 fully saturated rings. The fraction of sp³-hybridized carbons (Fsp3) is 0.217. The van der Waals surface area contributed by atoms with E-state index >= 15 is 0 Å². The number of hydrogen-bond donors (Lipinski definition) is 1. The quantitative estimate of drug-likeness (QED) is 0.529. The van der Waals surface area contributed by atoms with Crippen LogP contribution < -0.4 is 24.3 Å². The Kier molecular flexibility index (Phi) is 6.78. The number of benzene rings is 2. The molecule has 0 atom stereocenters. The molecule has 1 aliphatic heterocycles. The lowest BCUT2D eigenvalue weighted by molar-refractivity contribution is -0.113. The first-order valence-corrected chi connectivity index (χ1v) is 10.7. The van der Waals surface area contributed by atoms with Gasteiger partial charge in [-0.1, -0.05) is 6.07 Å². The first kappa shape index (κ1) is 20.9. The predicted molar refractivity (Wildman–Crippen MR) is 118 cm³/mol. The van der Waals surface area contributed by atoms with Gasteiger partial charge in [0.15, 0.2) is 23.0 Å². The summed E-state index contributed by atoms with van der Waals surface area (Å²) in [6.45, 7) is 1.43. The van der Waals surface area contributed by atoms with Crippen molar-refractivity contribution in [3.63, 3.8) is 0 Å². The summed E-state index contributed by atoms with van der Waals surface area (Å²) >= 11 is 1.43. The number of anilines is 1. The molecule has 0 saturated heterocycles. The molecule has 1 N–H and O–H groups in total. The van der Waals surface area contributed by atoms with Crippen molar-refractivity contribution < 1.29 is 23.7 Å². The SMILES string of the molecule is COc1ccc(NC(=O)CSc2ccc3c(c2)OCCO3)cc1OCc1cccnc1. The summed E-state index contributed by atoms with van der Waals surface area (Å²) in [4.78, 5) is 17.5. The van der Waals surface area contributed by atoms with Crippen LogP contribution in [0.1, 0.15) is 5.56 Å². The molecule has 160 valence electrons. The lowest BCUT2D eigenvalue weighted by atomic mass is 10.2. The maximum absolute atomic E-state index is 12.5. The van der Waals surface area contributed by atoms with Gasteiger partial charge in [0.05, 0.1) is 12.9 Å². The molecule has 0 unspecified atom stereocenters. The Labute approximate surface area is 184 Å². The van der Waals surface area contributed by atoms with Gasteiger partial charge in [0, 0.05) is 34.6 Å². The Hall–Kier alpha value is -3.39. The van der Waals surface area contributed by atoms with Crippen molar-refractivity contribution in [3.8, 4) is 23.0 Å². The number of hydrogen-bond acceptors (Lipinski definition) is 7. The summed E-state index contributed by atoms with van der Waals surface area (Å²) in [5, 5.41) is 2.90. The first-order chi connectivity index (χ1) is 15.2. The molecule has 1 aromatic heterocycles. The van der Waals surface area contributed by atoms with E-state index in [9.17, 15) is 4.79 Å². The third-order valence-corrected chi connectivity index (χ3v) is 5.44. The van der Waals surface area contributed by atoms with Gasteiger partial charge >= 0.3 is 0 Å². The Balaban J connectivity index is 1.35. The highest BCUT2D eigenvalue weighted by Gasteiger charge is 2.13. The van der Waals surface area contributed by atoms with E-state index in [1.54, 1.807) is 37.7 Å². The third-order valence-electron chi connectivity index (χ3n) is 4.45. The number of thioether (sulfide) groups is 1. The second-order valence-corrected chi connectivity index (χ2v) is 7.71. The van der Waals surface area contributed by atoms with E-state index in [-0.39, 0.29) is 11.7 Å². The van der Waals surface area contributed by atoms with Crippen molar-refractivity contribution >= 4 is 23.4 Å². The Morgan fingerprint density at radius 3 is 2.77 bits per heavy atom. The second-order valence-electron chi connectivity index (χ2n) is 6.66. The van der Waals surface area contributed by atoms with Gasteiger partial charge < -0.3 is 24.3 Å². The summed E-state index contributed by atoms with van der Waals surface area (Å²) in [6, 6.07) is 14.8. The van der Waals surface area contributed by atoms with Gasteiger partial charge in [-0.2, -0.15) is 0 Å². The van der Waals surface area contributed by atoms with E-state index in [2.05, 4.69) is 10.3 Å². The third kappa shape index (κ3) is 5.61. The van der Waals surface area contributed by atoms with E-state index in [0.717, 1.165) is 16.2 Å². The van der Waals surface area contributed by atoms with E-state index in [4.69, 9.17) is 18.9 Å². The van der Waals surface area contributed by atoms with Crippen molar-refractivity contribution in [3.05, 3.63) is 66.5 Å². The minimum Gasteiger partial charge on any atom is -0.493 e. The number of nitrogens with one attached hydrogen (secondary N) is 1. The number of aromatic nitrogens is 1. The highest BCUT2D eigenvalue weighted by Crippen LogP contribution is 2.34. The summed E-state index contributed by atoms with van der Waals surface area (Å²) in [5.41, 5.74) is 1.57. The van der Waals surface area contributed by atoms with E-state index in [0.29, 0.717) is 42.8 Å². The fourth-order valence-electron chi connectivity index (χ4n) is 2.97. The highest BCUT2D eigenvalue weighted by molar-refractivity contribution is 8.00. The number of pyridine rings is 1. The molecule has 3 aromatic rings. The minimum absolute atomic E-state index is 0.122. The summed E-state index contributed by atoms with van der Waals surface area (Å²) in [6.07, 6.45) is 3.45. The molecule has 1 amide bonds. The van der Waals surface area contributed by atoms with Crippen molar-refractivity contribution in [1.82, 2.24) is 4.98 Å². The standard InChI is InChI=1S/C23H22N2O5S/c1-27-19-6-4-17(11-21(19)30-14-16-3-2-8-24-13-16)25-23(26)15-31-18-5-7-20-22(12-18)29-10-9-28-20/h2-8,11-13H,9-10,14-15H2,1H3,(H,25,26). The molecule has 31 heavy (non-hydrogen) atoms. The number of amides is 1. The number of nitrogens with zero attached hydrogens (tertiary/aromatic N) is 1. The van der Waals surface area contributed by atoms with Crippen molar-refractivity contribution in [2.75, 3.05) is 31.4 Å². The van der Waals surface area contributed by atoms with Crippen LogP contribution >= 0.6 is 11.8 Å². The number of rotatable bonds is 8. The largest absolute Gasteiger partial charge is 0.493 e. The molecule has 1 aliphatic rings. The molecule has 2 aromatic carbocycles. The predicted octanol–water partition coefficient (Wildman–Crippen LogP) is 4.17. The van der Waals surface area contributed by atoms with Crippen LogP contribution in [0.2, 0.25) is 0 Å². The van der Waals surface area contributed by atoms with E-state index in [1.165, 1.54) is 11.8 Å². The zero-order valence-corrected chi connectivity index (χ0v) is 17.8. The Bertz CT molecular complexity index is 1050. The maximum Gasteiger partial charge on any atom is 0.234 e. The number of methoxy groups -OCH3 is 1. The summed E-state index contributed by atoms with van der Waals surface area (Å²) in [5.74, 6) is 2.72. The van der Waals surface area contributed by atoms with Crippen LogP contribution in [0.3, 0.4) is 0 Å². The van der Waals surface area contributed by atoms with Crippen LogP contribution in [-0.4, -0.2) is 37.0 Å². The summed E-state index contributed by atoms with van der Waals surface area (Å²) in [7, 11) is 1.58. The molecule has 7 nitrogen and oxygen atoms in total. The second kappa shape index (κ2) is 10.1. The molecular formula is C23H22N2O5S. The fourth-order valence-corrected chi connectivity index (χ4v) is 3.70. The number of ether oxygens (including phenoxy) is 4. The molecule has 0 radical (unpaired) electrons. The van der Waals surface area contributed by atoms with E-state index < -0.39 is 0 Å². The van der Waals surface area contributed by atoms with Gasteiger partial charge in [-0.3, -0.25) is 9.78 Å². The van der Waals surface area contributed by atoms with Gasteiger partial charge in [-0.05, 0) is 36.4 Å². The van der Waals surface area contributed by atoms with Gasteiger partial charge in [0.2, 0.25) is 5.91 Å². The topological polar surface area (TPSA) is 78.9 Å². The average molecular weight is 439 g/mol. The van der Waals surface area contributed by atoms with Crippen LogP contribution in [0.4, 0.5) is 5.69 Å². The maximum atomic E-state index is 12.5.